The summed E-state index contributed by atoms with van der Waals surface area (Å²) in [5, 5.41) is 0. The number of benzene rings is 1. The molecule has 2 aromatic rings. The molecule has 4 nitrogen and oxygen atoms in total. The lowest BCUT2D eigenvalue weighted by Crippen LogP contribution is -2.21. The van der Waals surface area contributed by atoms with E-state index >= 15 is 0 Å². The number of aromatic amines is 2. The lowest BCUT2D eigenvalue weighted by Gasteiger charge is -2.02. The molecule has 0 aliphatic carbocycles. The molecule has 0 saturated heterocycles. The molecule has 2 N–H and O–H groups in total. The van der Waals surface area contributed by atoms with Gasteiger partial charge in [0.1, 0.15) is 5.82 Å². The highest BCUT2D eigenvalue weighted by Crippen LogP contribution is 2.17. The molecule has 0 fully saturated rings. The smallest absolute Gasteiger partial charge is 0.307 e. The maximum Gasteiger partial charge on any atom is 0.326 e. The zero-order valence-corrected chi connectivity index (χ0v) is 8.50. The van der Waals surface area contributed by atoms with Gasteiger partial charge < -0.3 is 4.98 Å². The third-order valence-electron chi connectivity index (χ3n) is 2.24. The summed E-state index contributed by atoms with van der Waals surface area (Å²) in [5.74, 6) is -0.376. The van der Waals surface area contributed by atoms with Crippen LogP contribution in [0.5, 0.6) is 0 Å². The highest BCUT2D eigenvalue weighted by atomic mass is 19.1. The maximum absolute atomic E-state index is 13.3. The highest BCUT2D eigenvalue weighted by molar-refractivity contribution is 5.58. The lowest BCUT2D eigenvalue weighted by molar-refractivity contribution is 0.619. The molecular weight excluding hydrogens is 211 g/mol. The van der Waals surface area contributed by atoms with Crippen molar-refractivity contribution in [3.05, 3.63) is 56.5 Å². The monoisotopic (exact) mass is 220 g/mol. The number of halogens is 1. The topological polar surface area (TPSA) is 65.7 Å². The van der Waals surface area contributed by atoms with Crippen LogP contribution in [0.15, 0.2) is 33.9 Å². The number of aromatic nitrogens is 2. The van der Waals surface area contributed by atoms with Crippen molar-refractivity contribution in [2.75, 3.05) is 0 Å². The predicted octanol–water partition coefficient (Wildman–Crippen LogP) is 1.18. The van der Waals surface area contributed by atoms with Crippen molar-refractivity contribution < 1.29 is 4.39 Å². The van der Waals surface area contributed by atoms with E-state index in [9.17, 15) is 14.0 Å². The van der Waals surface area contributed by atoms with Gasteiger partial charge in [0, 0.05) is 11.6 Å². The number of H-pyrrole nitrogens is 2. The summed E-state index contributed by atoms with van der Waals surface area (Å²) in [6.45, 7) is 1.64. The number of hydrogen-bond donors (Lipinski definition) is 2. The molecule has 5 heteroatoms. The van der Waals surface area contributed by atoms with Crippen LogP contribution in [-0.4, -0.2) is 9.97 Å². The van der Waals surface area contributed by atoms with Gasteiger partial charge in [-0.3, -0.25) is 9.78 Å². The van der Waals surface area contributed by atoms with Crippen LogP contribution in [0.2, 0.25) is 0 Å². The molecule has 0 saturated carbocycles. The predicted molar refractivity (Wildman–Crippen MR) is 57.8 cm³/mol. The maximum atomic E-state index is 13.3. The molecule has 82 valence electrons. The van der Waals surface area contributed by atoms with Gasteiger partial charge in [0.15, 0.2) is 0 Å². The Bertz CT molecular complexity index is 615. The second kappa shape index (κ2) is 3.77. The summed E-state index contributed by atoms with van der Waals surface area (Å²) in [6, 6.07) is 5.72. The van der Waals surface area contributed by atoms with E-state index in [-0.39, 0.29) is 5.82 Å². The summed E-state index contributed by atoms with van der Waals surface area (Å²) in [5.41, 5.74) is 0.151. The molecule has 1 aromatic heterocycles. The van der Waals surface area contributed by atoms with Gasteiger partial charge >= 0.3 is 5.69 Å². The molecule has 0 aliphatic rings. The van der Waals surface area contributed by atoms with E-state index < -0.39 is 11.2 Å². The van der Waals surface area contributed by atoms with Crippen molar-refractivity contribution in [1.82, 2.24) is 9.97 Å². The van der Waals surface area contributed by atoms with Crippen LogP contribution in [-0.2, 0) is 0 Å². The third-order valence-corrected chi connectivity index (χ3v) is 2.24. The van der Waals surface area contributed by atoms with Crippen molar-refractivity contribution in [1.29, 1.82) is 0 Å². The normalized spacial score (nSPS) is 10.4. The van der Waals surface area contributed by atoms with Crippen molar-refractivity contribution in [2.45, 2.75) is 6.92 Å². The Hall–Kier alpha value is -2.17. The second-order valence-electron chi connectivity index (χ2n) is 3.47. The van der Waals surface area contributed by atoms with Crippen LogP contribution in [0.25, 0.3) is 11.3 Å². The summed E-state index contributed by atoms with van der Waals surface area (Å²) < 4.78 is 13.3. The van der Waals surface area contributed by atoms with Gasteiger partial charge in [-0.05, 0) is 18.6 Å². The fourth-order valence-electron chi connectivity index (χ4n) is 1.38. The van der Waals surface area contributed by atoms with Crippen molar-refractivity contribution >= 4 is 0 Å². The van der Waals surface area contributed by atoms with E-state index in [1.54, 1.807) is 19.1 Å². The Kier molecular flexibility index (Phi) is 2.44. The first-order valence-electron chi connectivity index (χ1n) is 4.66. The number of nitrogens with one attached hydrogen (secondary N) is 2. The minimum Gasteiger partial charge on any atom is -0.307 e. The fourth-order valence-corrected chi connectivity index (χ4v) is 1.38. The molecule has 0 unspecified atom stereocenters. The van der Waals surface area contributed by atoms with E-state index in [2.05, 4.69) is 4.98 Å². The average Bonchev–Trinajstić information content (AvgIpc) is 2.20. The molecule has 0 bridgehead atoms. The summed E-state index contributed by atoms with van der Waals surface area (Å²) >= 11 is 0. The van der Waals surface area contributed by atoms with E-state index in [0.717, 1.165) is 0 Å². The molecule has 0 radical (unpaired) electrons. The average molecular weight is 220 g/mol. The zero-order valence-electron chi connectivity index (χ0n) is 8.50. The largest absolute Gasteiger partial charge is 0.326 e. The van der Waals surface area contributed by atoms with Crippen molar-refractivity contribution in [3.63, 3.8) is 0 Å². The van der Waals surface area contributed by atoms with Gasteiger partial charge in [-0.1, -0.05) is 12.1 Å². The zero-order chi connectivity index (χ0) is 11.7. The Morgan fingerprint density at radius 1 is 1.12 bits per heavy atom. The van der Waals surface area contributed by atoms with Gasteiger partial charge in [-0.25, -0.2) is 9.18 Å². The van der Waals surface area contributed by atoms with Gasteiger partial charge in [0.2, 0.25) is 0 Å². The number of hydrogen-bond acceptors (Lipinski definition) is 2. The number of rotatable bonds is 1. The number of aryl methyl sites for hydroxylation is 1. The Morgan fingerprint density at radius 3 is 2.50 bits per heavy atom. The third kappa shape index (κ3) is 1.93. The Labute approximate surface area is 89.8 Å². The first-order valence-corrected chi connectivity index (χ1v) is 4.66. The van der Waals surface area contributed by atoms with E-state index in [1.807, 2.05) is 4.98 Å². The van der Waals surface area contributed by atoms with E-state index in [1.165, 1.54) is 12.1 Å². The van der Waals surface area contributed by atoms with Crippen LogP contribution >= 0.6 is 0 Å². The standard InChI is InChI=1S/C11H9FN2O2/c1-6-2-3-7(4-8(6)12)9-5-10(15)14-11(16)13-9/h2-5H,1H3,(H2,13,14,15,16). The molecule has 1 heterocycles. The van der Waals surface area contributed by atoms with Crippen molar-refractivity contribution in [3.8, 4) is 11.3 Å². The highest BCUT2D eigenvalue weighted by Gasteiger charge is 2.03. The molecule has 16 heavy (non-hydrogen) atoms. The SMILES string of the molecule is Cc1ccc(-c2cc(=O)[nH]c(=O)[nH]2)cc1F. The van der Waals surface area contributed by atoms with Crippen LogP contribution in [0.1, 0.15) is 5.56 Å². The quantitative estimate of drug-likeness (QED) is 0.757. The van der Waals surface area contributed by atoms with E-state index in [0.29, 0.717) is 16.8 Å². The van der Waals surface area contributed by atoms with Gasteiger partial charge in [-0.2, -0.15) is 0 Å². The van der Waals surface area contributed by atoms with Crippen molar-refractivity contribution in [2.24, 2.45) is 0 Å². The first-order chi connectivity index (χ1) is 7.56. The molecule has 0 aliphatic heterocycles. The minimum absolute atomic E-state index is 0.299. The molecule has 2 rings (SSSR count). The van der Waals surface area contributed by atoms with Crippen LogP contribution in [0, 0.1) is 12.7 Å². The second-order valence-corrected chi connectivity index (χ2v) is 3.47. The van der Waals surface area contributed by atoms with Crippen LogP contribution in [0.3, 0.4) is 0 Å². The first kappa shape index (κ1) is 10.4. The minimum atomic E-state index is -0.608. The molecule has 0 spiro atoms. The van der Waals surface area contributed by atoms with Gasteiger partial charge in [-0.15, -0.1) is 0 Å². The summed E-state index contributed by atoms with van der Waals surface area (Å²) in [7, 11) is 0. The lowest BCUT2D eigenvalue weighted by atomic mass is 10.1. The summed E-state index contributed by atoms with van der Waals surface area (Å²) in [4.78, 5) is 26.6. The molecule has 1 aromatic carbocycles. The van der Waals surface area contributed by atoms with E-state index in [4.69, 9.17) is 0 Å². The molecule has 0 amide bonds. The molecule has 0 atom stereocenters. The summed E-state index contributed by atoms with van der Waals surface area (Å²) in [6.07, 6.45) is 0. The van der Waals surface area contributed by atoms with Crippen LogP contribution in [0.4, 0.5) is 4.39 Å². The fraction of sp³-hybridized carbons (Fsp3) is 0.0909. The Balaban J connectivity index is 2.63. The molecular formula is C11H9FN2O2. The van der Waals surface area contributed by atoms with Gasteiger partial charge in [0.05, 0.1) is 5.69 Å². The van der Waals surface area contributed by atoms with Gasteiger partial charge in [0.25, 0.3) is 5.56 Å². The van der Waals surface area contributed by atoms with Crippen LogP contribution < -0.4 is 11.2 Å². The Morgan fingerprint density at radius 2 is 1.88 bits per heavy atom.